The van der Waals surface area contributed by atoms with E-state index < -0.39 is 5.97 Å². The molecule has 28 heavy (non-hydrogen) atoms. The average Bonchev–Trinajstić information content (AvgIpc) is 3.17. The monoisotopic (exact) mass is 386 g/mol. The van der Waals surface area contributed by atoms with Crippen molar-refractivity contribution in [2.45, 2.75) is 19.1 Å². The maximum atomic E-state index is 13.4. The Hall–Kier alpha value is -2.71. The van der Waals surface area contributed by atoms with Crippen molar-refractivity contribution in [1.82, 2.24) is 19.8 Å². The number of esters is 1. The summed E-state index contributed by atoms with van der Waals surface area (Å²) in [7, 11) is 3.94. The number of carbonyl (C=O) groups excluding carboxylic acids is 2. The summed E-state index contributed by atoms with van der Waals surface area (Å²) in [5.74, 6) is -0.900. The van der Waals surface area contributed by atoms with Crippen LogP contribution in [0.25, 0.3) is 0 Å². The Morgan fingerprint density at radius 3 is 2.75 bits per heavy atom. The molecule has 8 nitrogen and oxygen atoms in total. The minimum Gasteiger partial charge on any atom is -0.461 e. The lowest BCUT2D eigenvalue weighted by molar-refractivity contribution is -0.0686. The molecule has 1 fully saturated rings. The molecule has 0 spiro atoms. The lowest BCUT2D eigenvalue weighted by Gasteiger charge is -2.42. The molecule has 1 saturated heterocycles. The van der Waals surface area contributed by atoms with E-state index in [1.165, 1.54) is 6.33 Å². The van der Waals surface area contributed by atoms with Crippen molar-refractivity contribution in [3.05, 3.63) is 53.6 Å². The molecule has 0 aliphatic carbocycles. The third kappa shape index (κ3) is 4.23. The second-order valence-electron chi connectivity index (χ2n) is 6.87. The minimum absolute atomic E-state index is 0.0740. The number of nitrogens with zero attached hydrogens (tertiary/aromatic N) is 3. The zero-order chi connectivity index (χ0) is 20.1. The van der Waals surface area contributed by atoms with Crippen LogP contribution >= 0.6 is 0 Å². The van der Waals surface area contributed by atoms with Crippen molar-refractivity contribution in [2.75, 3.05) is 40.4 Å². The summed E-state index contributed by atoms with van der Waals surface area (Å²) in [5.41, 5.74) is 1.13. The number of ether oxygens (including phenoxy) is 2. The number of nitrogens with one attached hydrogen (secondary N) is 1. The van der Waals surface area contributed by atoms with E-state index in [-0.39, 0.29) is 36.0 Å². The normalized spacial score (nSPS) is 19.6. The highest BCUT2D eigenvalue weighted by Gasteiger charge is 2.38. The molecule has 2 atom stereocenters. The summed E-state index contributed by atoms with van der Waals surface area (Å²) in [6, 6.07) is 9.51. The Balaban J connectivity index is 1.95. The van der Waals surface area contributed by atoms with Crippen LogP contribution in [0.4, 0.5) is 0 Å². The van der Waals surface area contributed by atoms with Crippen LogP contribution in [-0.4, -0.2) is 78.1 Å². The van der Waals surface area contributed by atoms with Crippen LogP contribution in [0.5, 0.6) is 0 Å². The standard InChI is InChI=1S/C20H26N4O4/c1-4-27-20(26)17-16(21-13-22-17)19(25)24-10-11-28-15(12-23(2)3)18(24)14-8-6-5-7-9-14/h5-9,13,15,18H,4,10-12H2,1-3H3,(H,21,22)/t15-,18-/m0/s1. The summed E-state index contributed by atoms with van der Waals surface area (Å²) in [6.45, 7) is 3.44. The molecule has 8 heteroatoms. The molecule has 1 aromatic carbocycles. The van der Waals surface area contributed by atoms with Crippen molar-refractivity contribution < 1.29 is 19.1 Å². The number of rotatable bonds is 6. The predicted octanol–water partition coefficient (Wildman–Crippen LogP) is 1.73. The van der Waals surface area contributed by atoms with E-state index in [0.29, 0.717) is 19.7 Å². The van der Waals surface area contributed by atoms with E-state index in [0.717, 1.165) is 5.56 Å². The van der Waals surface area contributed by atoms with Gasteiger partial charge in [-0.15, -0.1) is 0 Å². The first kappa shape index (κ1) is 20.0. The summed E-state index contributed by atoms with van der Waals surface area (Å²) in [6.07, 6.45) is 1.15. The lowest BCUT2D eigenvalue weighted by atomic mass is 9.97. The predicted molar refractivity (Wildman–Crippen MR) is 103 cm³/mol. The van der Waals surface area contributed by atoms with Crippen LogP contribution in [0, 0.1) is 0 Å². The van der Waals surface area contributed by atoms with Gasteiger partial charge in [0.15, 0.2) is 11.4 Å². The topological polar surface area (TPSA) is 87.8 Å². The molecule has 1 N–H and O–H groups in total. The van der Waals surface area contributed by atoms with Crippen LogP contribution in [-0.2, 0) is 9.47 Å². The van der Waals surface area contributed by atoms with E-state index in [1.54, 1.807) is 11.8 Å². The quantitative estimate of drug-likeness (QED) is 0.761. The molecule has 3 rings (SSSR count). The van der Waals surface area contributed by atoms with Crippen molar-refractivity contribution in [1.29, 1.82) is 0 Å². The number of amides is 1. The van der Waals surface area contributed by atoms with Gasteiger partial charge in [-0.1, -0.05) is 30.3 Å². The number of aromatic nitrogens is 2. The third-order valence-electron chi connectivity index (χ3n) is 4.62. The number of hydrogen-bond donors (Lipinski definition) is 1. The van der Waals surface area contributed by atoms with E-state index in [1.807, 2.05) is 49.3 Å². The second kappa shape index (κ2) is 8.99. The van der Waals surface area contributed by atoms with Gasteiger partial charge in [0.1, 0.15) is 0 Å². The Morgan fingerprint density at radius 1 is 1.32 bits per heavy atom. The molecule has 1 aliphatic rings. The van der Waals surface area contributed by atoms with Crippen LogP contribution in [0.2, 0.25) is 0 Å². The average molecular weight is 386 g/mol. The Labute approximate surface area is 164 Å². The lowest BCUT2D eigenvalue weighted by Crippen LogP contribution is -2.51. The van der Waals surface area contributed by atoms with Crippen molar-refractivity contribution in [2.24, 2.45) is 0 Å². The van der Waals surface area contributed by atoms with Crippen LogP contribution in [0.1, 0.15) is 39.5 Å². The highest BCUT2D eigenvalue weighted by molar-refractivity contribution is 6.03. The number of likely N-dealkylation sites (N-methyl/N-ethyl adjacent to an activating group) is 1. The number of hydrogen-bond acceptors (Lipinski definition) is 6. The summed E-state index contributed by atoms with van der Waals surface area (Å²) in [4.78, 5) is 36.2. The number of morpholine rings is 1. The van der Waals surface area contributed by atoms with Gasteiger partial charge in [-0.25, -0.2) is 9.78 Å². The third-order valence-corrected chi connectivity index (χ3v) is 4.62. The van der Waals surface area contributed by atoms with Gasteiger partial charge in [-0.05, 0) is 26.6 Å². The zero-order valence-electron chi connectivity index (χ0n) is 16.4. The highest BCUT2D eigenvalue weighted by Crippen LogP contribution is 2.31. The number of H-pyrrole nitrogens is 1. The van der Waals surface area contributed by atoms with Crippen molar-refractivity contribution >= 4 is 11.9 Å². The fraction of sp³-hybridized carbons (Fsp3) is 0.450. The second-order valence-corrected chi connectivity index (χ2v) is 6.87. The summed E-state index contributed by atoms with van der Waals surface area (Å²) < 4.78 is 11.1. The first-order valence-corrected chi connectivity index (χ1v) is 9.35. The maximum Gasteiger partial charge on any atom is 0.357 e. The van der Waals surface area contributed by atoms with E-state index >= 15 is 0 Å². The maximum absolute atomic E-state index is 13.4. The van der Waals surface area contributed by atoms with E-state index in [9.17, 15) is 9.59 Å². The van der Waals surface area contributed by atoms with Crippen LogP contribution in [0.15, 0.2) is 36.7 Å². The number of carbonyl (C=O) groups is 2. The Morgan fingerprint density at radius 2 is 2.07 bits per heavy atom. The molecule has 1 aromatic heterocycles. The molecule has 1 aliphatic heterocycles. The van der Waals surface area contributed by atoms with Crippen molar-refractivity contribution in [3.63, 3.8) is 0 Å². The number of benzene rings is 1. The molecule has 0 saturated carbocycles. The van der Waals surface area contributed by atoms with Gasteiger partial charge in [0.2, 0.25) is 0 Å². The molecule has 2 heterocycles. The smallest absolute Gasteiger partial charge is 0.357 e. The zero-order valence-corrected chi connectivity index (χ0v) is 16.4. The van der Waals surface area contributed by atoms with Gasteiger partial charge in [-0.3, -0.25) is 4.79 Å². The number of imidazole rings is 1. The van der Waals surface area contributed by atoms with E-state index in [4.69, 9.17) is 9.47 Å². The molecule has 150 valence electrons. The summed E-state index contributed by atoms with van der Waals surface area (Å²) >= 11 is 0. The van der Waals surface area contributed by atoms with Gasteiger partial charge in [0, 0.05) is 13.1 Å². The SMILES string of the molecule is CCOC(=O)c1[nH]cnc1C(=O)N1CCO[C@@H](CN(C)C)[C@@H]1c1ccccc1. The van der Waals surface area contributed by atoms with Crippen LogP contribution in [0.3, 0.4) is 0 Å². The molecular formula is C20H26N4O4. The van der Waals surface area contributed by atoms with Gasteiger partial charge in [0.05, 0.1) is 31.7 Å². The fourth-order valence-corrected chi connectivity index (χ4v) is 3.47. The van der Waals surface area contributed by atoms with E-state index in [2.05, 4.69) is 9.97 Å². The molecule has 0 radical (unpaired) electrons. The van der Waals surface area contributed by atoms with Crippen LogP contribution < -0.4 is 0 Å². The van der Waals surface area contributed by atoms with Gasteiger partial charge < -0.3 is 24.3 Å². The molecule has 0 bridgehead atoms. The first-order chi connectivity index (χ1) is 13.5. The molecule has 2 aromatic rings. The Kier molecular flexibility index (Phi) is 6.43. The van der Waals surface area contributed by atoms with Gasteiger partial charge in [-0.2, -0.15) is 0 Å². The first-order valence-electron chi connectivity index (χ1n) is 9.35. The number of aromatic amines is 1. The van der Waals surface area contributed by atoms with Crippen molar-refractivity contribution in [3.8, 4) is 0 Å². The Bertz CT molecular complexity index is 806. The van der Waals surface area contributed by atoms with Gasteiger partial charge in [0.25, 0.3) is 5.91 Å². The largest absolute Gasteiger partial charge is 0.461 e. The minimum atomic E-state index is -0.585. The molecule has 1 amide bonds. The highest BCUT2D eigenvalue weighted by atomic mass is 16.5. The molecule has 0 unspecified atom stereocenters. The molecular weight excluding hydrogens is 360 g/mol. The van der Waals surface area contributed by atoms with Gasteiger partial charge >= 0.3 is 5.97 Å². The summed E-state index contributed by atoms with van der Waals surface area (Å²) in [5, 5.41) is 0. The fourth-order valence-electron chi connectivity index (χ4n) is 3.47.